The zero-order valence-electron chi connectivity index (χ0n) is 15.7. The maximum Gasteiger partial charge on any atom is 0.219 e. The third kappa shape index (κ3) is 4.14. The first-order chi connectivity index (χ1) is 13.2. The minimum atomic E-state index is 0.299. The second kappa shape index (κ2) is 7.84. The van der Waals surface area contributed by atoms with Crippen LogP contribution in [0.3, 0.4) is 0 Å². The van der Waals surface area contributed by atoms with Gasteiger partial charge in [0, 0.05) is 30.2 Å². The van der Waals surface area contributed by atoms with E-state index in [1.54, 1.807) is 12.4 Å². The lowest BCUT2D eigenvalue weighted by Gasteiger charge is -2.24. The molecule has 1 unspecified atom stereocenters. The van der Waals surface area contributed by atoms with Crippen LogP contribution in [0.4, 0.5) is 5.95 Å². The van der Waals surface area contributed by atoms with Crippen LogP contribution in [-0.2, 0) is 6.42 Å². The third-order valence-electron chi connectivity index (χ3n) is 5.21. The lowest BCUT2D eigenvalue weighted by Crippen LogP contribution is -2.26. The monoisotopic (exact) mass is 359 g/mol. The van der Waals surface area contributed by atoms with E-state index in [1.807, 2.05) is 0 Å². The van der Waals surface area contributed by atoms with Gasteiger partial charge in [-0.1, -0.05) is 30.3 Å². The van der Waals surface area contributed by atoms with Crippen molar-refractivity contribution in [1.82, 2.24) is 19.9 Å². The van der Waals surface area contributed by atoms with Crippen LogP contribution in [0.2, 0.25) is 0 Å². The minimum absolute atomic E-state index is 0.299. The van der Waals surface area contributed by atoms with Crippen LogP contribution >= 0.6 is 0 Å². The van der Waals surface area contributed by atoms with Gasteiger partial charge in [-0.05, 0) is 56.0 Å². The zero-order chi connectivity index (χ0) is 18.6. The summed E-state index contributed by atoms with van der Waals surface area (Å²) >= 11 is 0. The van der Waals surface area contributed by atoms with E-state index in [4.69, 9.17) is 10.7 Å². The number of aryl methyl sites for hydroxylation is 1. The van der Waals surface area contributed by atoms with Crippen LogP contribution < -0.4 is 5.73 Å². The SMILES string of the molecule is Cc1cc(-c2cnc(N)nc2)cc(C2CCCN2CCc2ccccc2)n1. The average Bonchev–Trinajstić information content (AvgIpc) is 3.16. The number of likely N-dealkylation sites (tertiary alicyclic amines) is 1. The molecule has 138 valence electrons. The number of nitrogens with zero attached hydrogens (tertiary/aromatic N) is 4. The number of nitrogens with two attached hydrogens (primary N) is 1. The van der Waals surface area contributed by atoms with Gasteiger partial charge in [-0.2, -0.15) is 0 Å². The molecule has 1 aliphatic heterocycles. The standard InChI is InChI=1S/C22H25N5/c1-16-12-18(19-14-24-22(23)25-15-19)13-20(26-16)21-8-5-10-27(21)11-9-17-6-3-2-4-7-17/h2-4,6-7,12-15,21H,5,8-11H2,1H3,(H2,23,24,25). The average molecular weight is 359 g/mol. The summed E-state index contributed by atoms with van der Waals surface area (Å²) in [5.74, 6) is 0.299. The quantitative estimate of drug-likeness (QED) is 0.750. The zero-order valence-corrected chi connectivity index (χ0v) is 15.7. The van der Waals surface area contributed by atoms with E-state index in [9.17, 15) is 0 Å². The molecule has 2 aromatic heterocycles. The van der Waals surface area contributed by atoms with Gasteiger partial charge in [-0.25, -0.2) is 9.97 Å². The molecule has 0 saturated carbocycles. The van der Waals surface area contributed by atoms with Crippen molar-refractivity contribution in [3.05, 3.63) is 71.8 Å². The van der Waals surface area contributed by atoms with Gasteiger partial charge < -0.3 is 5.73 Å². The van der Waals surface area contributed by atoms with E-state index in [1.165, 1.54) is 12.0 Å². The van der Waals surface area contributed by atoms with Crippen LogP contribution in [-0.4, -0.2) is 32.9 Å². The van der Waals surface area contributed by atoms with E-state index in [2.05, 4.69) is 64.3 Å². The molecule has 2 N–H and O–H groups in total. The van der Waals surface area contributed by atoms with Gasteiger partial charge in [-0.15, -0.1) is 0 Å². The van der Waals surface area contributed by atoms with E-state index in [0.29, 0.717) is 12.0 Å². The molecule has 1 saturated heterocycles. The van der Waals surface area contributed by atoms with Crippen molar-refractivity contribution < 1.29 is 0 Å². The first-order valence-corrected chi connectivity index (χ1v) is 9.53. The molecule has 1 aliphatic rings. The Morgan fingerprint density at radius 2 is 1.85 bits per heavy atom. The molecule has 0 bridgehead atoms. The minimum Gasteiger partial charge on any atom is -0.368 e. The van der Waals surface area contributed by atoms with Gasteiger partial charge >= 0.3 is 0 Å². The van der Waals surface area contributed by atoms with Gasteiger partial charge in [0.05, 0.1) is 11.7 Å². The predicted octanol–water partition coefficient (Wildman–Crippen LogP) is 3.81. The Morgan fingerprint density at radius 3 is 2.63 bits per heavy atom. The highest BCUT2D eigenvalue weighted by Crippen LogP contribution is 2.33. The fraction of sp³-hybridized carbons (Fsp3) is 0.318. The largest absolute Gasteiger partial charge is 0.368 e. The first-order valence-electron chi connectivity index (χ1n) is 9.53. The molecule has 4 rings (SSSR count). The molecule has 1 aromatic carbocycles. The second-order valence-corrected chi connectivity index (χ2v) is 7.18. The Labute approximate surface area is 160 Å². The number of aromatic nitrogens is 3. The topological polar surface area (TPSA) is 67.9 Å². The first kappa shape index (κ1) is 17.6. The van der Waals surface area contributed by atoms with Gasteiger partial charge in [0.2, 0.25) is 5.95 Å². The highest BCUT2D eigenvalue weighted by molar-refractivity contribution is 5.62. The van der Waals surface area contributed by atoms with Crippen LogP contribution in [0.25, 0.3) is 11.1 Å². The molecule has 0 amide bonds. The van der Waals surface area contributed by atoms with E-state index in [-0.39, 0.29) is 0 Å². The van der Waals surface area contributed by atoms with Crippen molar-refractivity contribution in [3.63, 3.8) is 0 Å². The van der Waals surface area contributed by atoms with Crippen molar-refractivity contribution >= 4 is 5.95 Å². The highest BCUT2D eigenvalue weighted by atomic mass is 15.2. The Balaban J connectivity index is 1.55. The Bertz CT molecular complexity index is 892. The second-order valence-electron chi connectivity index (χ2n) is 7.18. The van der Waals surface area contributed by atoms with Crippen molar-refractivity contribution in [1.29, 1.82) is 0 Å². The molecule has 5 heteroatoms. The molecule has 0 spiro atoms. The molecular formula is C22H25N5. The molecule has 3 heterocycles. The van der Waals surface area contributed by atoms with Gasteiger partial charge in [-0.3, -0.25) is 9.88 Å². The summed E-state index contributed by atoms with van der Waals surface area (Å²) < 4.78 is 0. The Kier molecular flexibility index (Phi) is 5.12. The number of anilines is 1. The smallest absolute Gasteiger partial charge is 0.219 e. The Hall–Kier alpha value is -2.79. The van der Waals surface area contributed by atoms with E-state index < -0.39 is 0 Å². The summed E-state index contributed by atoms with van der Waals surface area (Å²) in [6, 6.07) is 15.3. The van der Waals surface area contributed by atoms with Crippen molar-refractivity contribution in [2.45, 2.75) is 32.2 Å². The Morgan fingerprint density at radius 1 is 1.07 bits per heavy atom. The molecular weight excluding hydrogens is 334 g/mol. The number of nitrogen functional groups attached to an aromatic ring is 1. The summed E-state index contributed by atoms with van der Waals surface area (Å²) in [5.41, 5.74) is 11.3. The van der Waals surface area contributed by atoms with Crippen LogP contribution in [0, 0.1) is 6.92 Å². The number of rotatable bonds is 5. The number of benzene rings is 1. The van der Waals surface area contributed by atoms with Gasteiger partial charge in [0.1, 0.15) is 0 Å². The van der Waals surface area contributed by atoms with Crippen LogP contribution in [0.5, 0.6) is 0 Å². The van der Waals surface area contributed by atoms with Crippen molar-refractivity contribution in [3.8, 4) is 11.1 Å². The van der Waals surface area contributed by atoms with E-state index in [0.717, 1.165) is 48.4 Å². The fourth-order valence-corrected chi connectivity index (χ4v) is 3.86. The normalized spacial score (nSPS) is 17.3. The fourth-order valence-electron chi connectivity index (χ4n) is 3.86. The van der Waals surface area contributed by atoms with Crippen LogP contribution in [0.15, 0.2) is 54.9 Å². The molecule has 1 atom stereocenters. The summed E-state index contributed by atoms with van der Waals surface area (Å²) in [4.78, 5) is 15.7. The van der Waals surface area contributed by atoms with Gasteiger partial charge in [0.15, 0.2) is 0 Å². The molecule has 0 aliphatic carbocycles. The number of hydrogen-bond donors (Lipinski definition) is 1. The highest BCUT2D eigenvalue weighted by Gasteiger charge is 2.27. The molecule has 5 nitrogen and oxygen atoms in total. The van der Waals surface area contributed by atoms with Crippen LogP contribution in [0.1, 0.15) is 35.8 Å². The number of pyridine rings is 1. The lowest BCUT2D eigenvalue weighted by atomic mass is 10.0. The predicted molar refractivity (Wildman–Crippen MR) is 108 cm³/mol. The summed E-state index contributed by atoms with van der Waals surface area (Å²) in [6.45, 7) is 4.24. The number of hydrogen-bond acceptors (Lipinski definition) is 5. The van der Waals surface area contributed by atoms with Gasteiger partial charge in [0.25, 0.3) is 0 Å². The molecule has 1 fully saturated rings. The molecule has 0 radical (unpaired) electrons. The molecule has 27 heavy (non-hydrogen) atoms. The van der Waals surface area contributed by atoms with E-state index >= 15 is 0 Å². The van der Waals surface area contributed by atoms with Crippen molar-refractivity contribution in [2.24, 2.45) is 0 Å². The third-order valence-corrected chi connectivity index (χ3v) is 5.21. The lowest BCUT2D eigenvalue weighted by molar-refractivity contribution is 0.256. The maximum atomic E-state index is 5.62. The summed E-state index contributed by atoms with van der Waals surface area (Å²) in [7, 11) is 0. The maximum absolute atomic E-state index is 5.62. The summed E-state index contributed by atoms with van der Waals surface area (Å²) in [5, 5.41) is 0. The van der Waals surface area contributed by atoms with Crippen molar-refractivity contribution in [2.75, 3.05) is 18.8 Å². The summed E-state index contributed by atoms with van der Waals surface area (Å²) in [6.07, 6.45) is 7.01. The molecule has 3 aromatic rings.